The van der Waals surface area contributed by atoms with E-state index in [1.54, 1.807) is 11.9 Å². The Morgan fingerprint density at radius 1 is 1.61 bits per heavy atom. The molecule has 1 heterocycles. The first kappa shape index (κ1) is 13.5. The lowest BCUT2D eigenvalue weighted by Crippen LogP contribution is -2.45. The quantitative estimate of drug-likeness (QED) is 0.870. The van der Waals surface area contributed by atoms with Gasteiger partial charge in [0.2, 0.25) is 5.91 Å². The van der Waals surface area contributed by atoms with Gasteiger partial charge in [-0.05, 0) is 24.3 Å². The molecular weight excluding hydrogens is 248 g/mol. The van der Waals surface area contributed by atoms with Gasteiger partial charge in [-0.25, -0.2) is 0 Å². The Morgan fingerprint density at radius 2 is 2.28 bits per heavy atom. The van der Waals surface area contributed by atoms with E-state index in [-0.39, 0.29) is 5.91 Å². The minimum Gasteiger partial charge on any atom is -0.388 e. The van der Waals surface area contributed by atoms with E-state index in [9.17, 15) is 9.90 Å². The van der Waals surface area contributed by atoms with Gasteiger partial charge in [-0.15, -0.1) is 11.3 Å². The number of likely N-dealkylation sites (N-methyl/N-ethyl adjacent to an activating group) is 1. The second kappa shape index (κ2) is 5.38. The maximum Gasteiger partial charge on any atom is 0.244 e. The molecule has 1 aliphatic carbocycles. The number of aliphatic hydroxyl groups is 1. The van der Waals surface area contributed by atoms with Crippen molar-refractivity contribution in [2.24, 2.45) is 5.73 Å². The van der Waals surface area contributed by atoms with Crippen molar-refractivity contribution in [2.75, 3.05) is 13.6 Å². The van der Waals surface area contributed by atoms with Crippen LogP contribution in [0.25, 0.3) is 0 Å². The summed E-state index contributed by atoms with van der Waals surface area (Å²) < 4.78 is 0. The number of nitrogens with two attached hydrogens (primary N) is 1. The number of hydrogen-bond acceptors (Lipinski definition) is 4. The molecule has 0 spiro atoms. The number of thiophene rings is 1. The van der Waals surface area contributed by atoms with Gasteiger partial charge >= 0.3 is 0 Å². The Bertz CT molecular complexity index is 399. The Labute approximate surface area is 111 Å². The van der Waals surface area contributed by atoms with Gasteiger partial charge in [0, 0.05) is 18.5 Å². The minimum atomic E-state index is -0.709. The first-order valence-electron chi connectivity index (χ1n) is 6.28. The predicted molar refractivity (Wildman–Crippen MR) is 72.3 cm³/mol. The summed E-state index contributed by atoms with van der Waals surface area (Å²) in [7, 11) is 1.71. The molecule has 1 aromatic rings. The van der Waals surface area contributed by atoms with Crippen LogP contribution in [0.1, 0.15) is 36.6 Å². The molecule has 1 unspecified atom stereocenters. The number of hydrogen-bond donors (Lipinski definition) is 2. The zero-order valence-corrected chi connectivity index (χ0v) is 11.4. The molecule has 1 amide bonds. The molecule has 0 aliphatic heterocycles. The second-order valence-corrected chi connectivity index (χ2v) is 6.10. The first-order chi connectivity index (χ1) is 8.52. The molecule has 1 aromatic heterocycles. The van der Waals surface area contributed by atoms with Gasteiger partial charge in [-0.2, -0.15) is 0 Å². The lowest BCUT2D eigenvalue weighted by Gasteiger charge is -2.30. The summed E-state index contributed by atoms with van der Waals surface area (Å²) >= 11 is 1.48. The van der Waals surface area contributed by atoms with E-state index in [1.165, 1.54) is 11.3 Å². The van der Waals surface area contributed by atoms with Gasteiger partial charge in [0.15, 0.2) is 0 Å². The van der Waals surface area contributed by atoms with Crippen LogP contribution in [0.4, 0.5) is 0 Å². The highest BCUT2D eigenvalue weighted by Crippen LogP contribution is 2.30. The first-order valence-corrected chi connectivity index (χ1v) is 7.16. The average Bonchev–Trinajstić information content (AvgIpc) is 2.98. The van der Waals surface area contributed by atoms with E-state index >= 15 is 0 Å². The summed E-state index contributed by atoms with van der Waals surface area (Å²) in [5, 5.41) is 12.2. The Hall–Kier alpha value is -0.910. The van der Waals surface area contributed by atoms with E-state index < -0.39 is 11.6 Å². The van der Waals surface area contributed by atoms with Crippen LogP contribution in [-0.4, -0.2) is 35.1 Å². The Kier molecular flexibility index (Phi) is 4.04. The maximum absolute atomic E-state index is 12.2. The fraction of sp³-hybridized carbons (Fsp3) is 0.615. The topological polar surface area (TPSA) is 66.6 Å². The summed E-state index contributed by atoms with van der Waals surface area (Å²) in [5.41, 5.74) is 5.23. The van der Waals surface area contributed by atoms with Crippen molar-refractivity contribution in [3.05, 3.63) is 22.4 Å². The molecule has 2 rings (SSSR count). The van der Waals surface area contributed by atoms with Crippen LogP contribution in [0.3, 0.4) is 0 Å². The summed E-state index contributed by atoms with van der Waals surface area (Å²) in [6.07, 6.45) is 3.63. The lowest BCUT2D eigenvalue weighted by atomic mass is 10.0. The van der Waals surface area contributed by atoms with Crippen molar-refractivity contribution >= 4 is 17.2 Å². The molecule has 0 radical (unpaired) electrons. The zero-order chi connectivity index (χ0) is 13.2. The molecule has 1 aliphatic rings. The molecule has 0 aromatic carbocycles. The molecule has 18 heavy (non-hydrogen) atoms. The van der Waals surface area contributed by atoms with Gasteiger partial charge < -0.3 is 15.7 Å². The number of carbonyl (C=O) groups is 1. The van der Waals surface area contributed by atoms with Gasteiger partial charge in [-0.1, -0.05) is 18.9 Å². The van der Waals surface area contributed by atoms with Crippen molar-refractivity contribution in [1.82, 2.24) is 4.90 Å². The van der Waals surface area contributed by atoms with Crippen LogP contribution in [0.2, 0.25) is 0 Å². The van der Waals surface area contributed by atoms with Crippen LogP contribution in [-0.2, 0) is 4.79 Å². The average molecular weight is 268 g/mol. The molecule has 4 nitrogen and oxygen atoms in total. The van der Waals surface area contributed by atoms with E-state index in [0.29, 0.717) is 6.54 Å². The molecule has 0 bridgehead atoms. The van der Waals surface area contributed by atoms with E-state index in [2.05, 4.69) is 0 Å². The molecule has 1 fully saturated rings. The minimum absolute atomic E-state index is 0.127. The van der Waals surface area contributed by atoms with Crippen molar-refractivity contribution < 1.29 is 9.90 Å². The number of amides is 1. The van der Waals surface area contributed by atoms with E-state index in [1.807, 2.05) is 17.5 Å². The normalized spacial score (nSPS) is 19.7. The van der Waals surface area contributed by atoms with Crippen LogP contribution < -0.4 is 5.73 Å². The van der Waals surface area contributed by atoms with Crippen molar-refractivity contribution in [1.29, 1.82) is 0 Å². The standard InChI is InChI=1S/C13H20N2O2S/c1-15(9-13(17)6-2-3-7-13)12(16)11(14)10-5-4-8-18-10/h4-5,8,11,17H,2-3,6-7,9,14H2,1H3. The number of rotatable bonds is 4. The number of carbonyl (C=O) groups excluding carboxylic acids is 1. The highest BCUT2D eigenvalue weighted by molar-refractivity contribution is 7.10. The van der Waals surface area contributed by atoms with Crippen molar-refractivity contribution in [2.45, 2.75) is 37.3 Å². The Balaban J connectivity index is 1.96. The van der Waals surface area contributed by atoms with E-state index in [0.717, 1.165) is 30.6 Å². The van der Waals surface area contributed by atoms with Crippen LogP contribution >= 0.6 is 11.3 Å². The number of nitrogens with zero attached hydrogens (tertiary/aromatic N) is 1. The summed E-state index contributed by atoms with van der Waals surface area (Å²) in [4.78, 5) is 14.6. The smallest absolute Gasteiger partial charge is 0.244 e. The van der Waals surface area contributed by atoms with Crippen molar-refractivity contribution in [3.63, 3.8) is 0 Å². The summed E-state index contributed by atoms with van der Waals surface area (Å²) in [6, 6.07) is 3.14. The highest BCUT2D eigenvalue weighted by atomic mass is 32.1. The van der Waals surface area contributed by atoms with Gasteiger partial charge in [0.25, 0.3) is 0 Å². The van der Waals surface area contributed by atoms with Gasteiger partial charge in [0.05, 0.1) is 5.60 Å². The third-order valence-electron chi connectivity index (χ3n) is 3.56. The predicted octanol–water partition coefficient (Wildman–Crippen LogP) is 1.51. The monoisotopic (exact) mass is 268 g/mol. The van der Waals surface area contributed by atoms with Crippen LogP contribution in [0.15, 0.2) is 17.5 Å². The maximum atomic E-state index is 12.2. The molecule has 5 heteroatoms. The van der Waals surface area contributed by atoms with Crippen LogP contribution in [0.5, 0.6) is 0 Å². The summed E-state index contributed by atoms with van der Waals surface area (Å²) in [5.74, 6) is -0.127. The highest BCUT2D eigenvalue weighted by Gasteiger charge is 2.34. The Morgan fingerprint density at radius 3 is 2.83 bits per heavy atom. The zero-order valence-electron chi connectivity index (χ0n) is 10.6. The van der Waals surface area contributed by atoms with Crippen molar-refractivity contribution in [3.8, 4) is 0 Å². The molecule has 0 saturated heterocycles. The third-order valence-corrected chi connectivity index (χ3v) is 4.51. The fourth-order valence-electron chi connectivity index (χ4n) is 2.54. The summed E-state index contributed by atoms with van der Waals surface area (Å²) in [6.45, 7) is 0.380. The molecule has 1 atom stereocenters. The van der Waals surface area contributed by atoms with Gasteiger partial charge in [-0.3, -0.25) is 4.79 Å². The SMILES string of the molecule is CN(CC1(O)CCCC1)C(=O)C(N)c1cccs1. The fourth-order valence-corrected chi connectivity index (χ4v) is 3.26. The molecule has 3 N–H and O–H groups in total. The third kappa shape index (κ3) is 2.91. The molecule has 1 saturated carbocycles. The van der Waals surface area contributed by atoms with Crippen LogP contribution in [0, 0.1) is 0 Å². The largest absolute Gasteiger partial charge is 0.388 e. The molecule has 100 valence electrons. The second-order valence-electron chi connectivity index (χ2n) is 5.12. The van der Waals surface area contributed by atoms with E-state index in [4.69, 9.17) is 5.73 Å². The lowest BCUT2D eigenvalue weighted by molar-refractivity contribution is -0.134. The van der Waals surface area contributed by atoms with Gasteiger partial charge in [0.1, 0.15) is 6.04 Å². The molecular formula is C13H20N2O2S.